The molecule has 0 aliphatic carbocycles. The molecule has 0 saturated carbocycles. The molecule has 0 bridgehead atoms. The number of benzene rings is 1. The van der Waals surface area contributed by atoms with Crippen LogP contribution < -0.4 is 16.6 Å². The second kappa shape index (κ2) is 5.88. The van der Waals surface area contributed by atoms with Crippen LogP contribution in [0.15, 0.2) is 36.5 Å². The van der Waals surface area contributed by atoms with E-state index in [1.807, 2.05) is 0 Å². The average Bonchev–Trinajstić information content (AvgIpc) is 2.43. The summed E-state index contributed by atoms with van der Waals surface area (Å²) in [6, 6.07) is 8.00. The van der Waals surface area contributed by atoms with Crippen LogP contribution in [0.4, 0.5) is 11.4 Å². The van der Waals surface area contributed by atoms with E-state index in [1.165, 1.54) is 12.3 Å². The van der Waals surface area contributed by atoms with E-state index in [9.17, 15) is 4.79 Å². The number of nitrogens with two attached hydrogens (primary N) is 1. The van der Waals surface area contributed by atoms with Crippen molar-refractivity contribution in [2.24, 2.45) is 5.84 Å². The molecule has 1 amide bonds. The molecule has 0 unspecified atom stereocenters. The largest absolute Gasteiger partial charge is 0.324 e. The van der Waals surface area contributed by atoms with Gasteiger partial charge in [0.25, 0.3) is 5.91 Å². The van der Waals surface area contributed by atoms with E-state index in [0.29, 0.717) is 21.4 Å². The molecule has 2 aromatic rings. The van der Waals surface area contributed by atoms with Crippen LogP contribution in [0.3, 0.4) is 0 Å². The Morgan fingerprint density at radius 3 is 2.58 bits per heavy atom. The lowest BCUT2D eigenvalue weighted by Crippen LogP contribution is -2.15. The number of aromatic nitrogens is 1. The lowest BCUT2D eigenvalue weighted by molar-refractivity contribution is 0.102. The number of amides is 1. The third kappa shape index (κ3) is 3.35. The van der Waals surface area contributed by atoms with Crippen molar-refractivity contribution in [2.45, 2.75) is 0 Å². The number of anilines is 2. The van der Waals surface area contributed by atoms with Gasteiger partial charge in [-0.25, -0.2) is 0 Å². The van der Waals surface area contributed by atoms with Gasteiger partial charge >= 0.3 is 0 Å². The molecule has 1 aromatic heterocycles. The highest BCUT2D eigenvalue weighted by Crippen LogP contribution is 2.25. The highest BCUT2D eigenvalue weighted by molar-refractivity contribution is 6.42. The maximum absolute atomic E-state index is 12.0. The Balaban J connectivity index is 2.18. The first kappa shape index (κ1) is 13.6. The van der Waals surface area contributed by atoms with Gasteiger partial charge in [0.05, 0.1) is 15.7 Å². The van der Waals surface area contributed by atoms with Crippen LogP contribution in [-0.2, 0) is 0 Å². The maximum Gasteiger partial charge on any atom is 0.274 e. The van der Waals surface area contributed by atoms with Crippen molar-refractivity contribution in [3.05, 3.63) is 52.3 Å². The Hall–Kier alpha value is -1.82. The topological polar surface area (TPSA) is 80.0 Å². The minimum absolute atomic E-state index is 0.238. The van der Waals surface area contributed by atoms with Gasteiger partial charge in [-0.05, 0) is 30.3 Å². The van der Waals surface area contributed by atoms with Gasteiger partial charge in [0, 0.05) is 11.9 Å². The Morgan fingerprint density at radius 1 is 1.11 bits per heavy atom. The van der Waals surface area contributed by atoms with Gasteiger partial charge in [-0.15, -0.1) is 0 Å². The van der Waals surface area contributed by atoms with Crippen LogP contribution in [0, 0.1) is 0 Å². The second-order valence-electron chi connectivity index (χ2n) is 3.66. The van der Waals surface area contributed by atoms with Crippen molar-refractivity contribution in [1.29, 1.82) is 0 Å². The summed E-state index contributed by atoms with van der Waals surface area (Å²) in [5.74, 6) is 4.90. The number of nitrogens with zero attached hydrogens (tertiary/aromatic N) is 1. The summed E-state index contributed by atoms with van der Waals surface area (Å²) in [6.07, 6.45) is 1.49. The molecule has 19 heavy (non-hydrogen) atoms. The molecule has 0 atom stereocenters. The minimum atomic E-state index is -0.365. The van der Waals surface area contributed by atoms with Gasteiger partial charge in [0.1, 0.15) is 5.69 Å². The number of nitrogens with one attached hydrogen (secondary N) is 2. The van der Waals surface area contributed by atoms with E-state index in [1.54, 1.807) is 24.3 Å². The maximum atomic E-state index is 12.0. The van der Waals surface area contributed by atoms with Crippen LogP contribution in [0.2, 0.25) is 10.0 Å². The summed E-state index contributed by atoms with van der Waals surface area (Å²) in [5.41, 5.74) is 3.81. The first-order chi connectivity index (χ1) is 9.10. The zero-order chi connectivity index (χ0) is 13.8. The number of pyridine rings is 1. The third-order valence-electron chi connectivity index (χ3n) is 2.34. The molecule has 2 rings (SSSR count). The smallest absolute Gasteiger partial charge is 0.274 e. The second-order valence-corrected chi connectivity index (χ2v) is 4.47. The highest BCUT2D eigenvalue weighted by Gasteiger charge is 2.09. The zero-order valence-electron chi connectivity index (χ0n) is 9.65. The molecule has 5 nitrogen and oxygen atoms in total. The monoisotopic (exact) mass is 296 g/mol. The van der Waals surface area contributed by atoms with Crippen molar-refractivity contribution >= 4 is 40.5 Å². The summed E-state index contributed by atoms with van der Waals surface area (Å²) in [5, 5.41) is 3.45. The number of carbonyl (C=O) groups is 1. The number of halogens is 2. The SMILES string of the molecule is NNc1ccnc(C(=O)Nc2ccc(Cl)c(Cl)c2)c1. The van der Waals surface area contributed by atoms with E-state index < -0.39 is 0 Å². The van der Waals surface area contributed by atoms with Gasteiger partial charge in [-0.3, -0.25) is 15.6 Å². The molecular weight excluding hydrogens is 287 g/mol. The molecule has 0 radical (unpaired) electrons. The van der Waals surface area contributed by atoms with Crippen LogP contribution >= 0.6 is 23.2 Å². The van der Waals surface area contributed by atoms with E-state index in [-0.39, 0.29) is 11.6 Å². The fourth-order valence-corrected chi connectivity index (χ4v) is 1.71. The molecular formula is C12H10Cl2N4O. The van der Waals surface area contributed by atoms with Gasteiger partial charge in [0.15, 0.2) is 0 Å². The van der Waals surface area contributed by atoms with Crippen molar-refractivity contribution in [3.63, 3.8) is 0 Å². The quantitative estimate of drug-likeness (QED) is 0.601. The van der Waals surface area contributed by atoms with Crippen molar-refractivity contribution < 1.29 is 4.79 Å². The fraction of sp³-hybridized carbons (Fsp3) is 0. The normalized spacial score (nSPS) is 10.1. The predicted molar refractivity (Wildman–Crippen MR) is 76.5 cm³/mol. The van der Waals surface area contributed by atoms with Crippen molar-refractivity contribution in [3.8, 4) is 0 Å². The molecule has 0 fully saturated rings. The van der Waals surface area contributed by atoms with E-state index in [0.717, 1.165) is 0 Å². The first-order valence-electron chi connectivity index (χ1n) is 5.29. The Morgan fingerprint density at radius 2 is 1.89 bits per heavy atom. The molecule has 1 aromatic carbocycles. The first-order valence-corrected chi connectivity index (χ1v) is 6.05. The summed E-state index contributed by atoms with van der Waals surface area (Å²) >= 11 is 11.7. The molecule has 0 aliphatic heterocycles. The fourth-order valence-electron chi connectivity index (χ4n) is 1.41. The van der Waals surface area contributed by atoms with E-state index in [4.69, 9.17) is 29.0 Å². The van der Waals surface area contributed by atoms with Gasteiger partial charge in [-0.1, -0.05) is 23.2 Å². The number of hydrazine groups is 1. The summed E-state index contributed by atoms with van der Waals surface area (Å²) in [6.45, 7) is 0. The zero-order valence-corrected chi connectivity index (χ0v) is 11.2. The number of hydrogen-bond acceptors (Lipinski definition) is 4. The molecule has 7 heteroatoms. The van der Waals surface area contributed by atoms with Gasteiger partial charge in [-0.2, -0.15) is 0 Å². The molecule has 98 valence electrons. The Bertz CT molecular complexity index is 618. The molecule has 0 saturated heterocycles. The average molecular weight is 297 g/mol. The van der Waals surface area contributed by atoms with Gasteiger partial charge < -0.3 is 10.7 Å². The van der Waals surface area contributed by atoms with E-state index in [2.05, 4.69) is 15.7 Å². The summed E-state index contributed by atoms with van der Waals surface area (Å²) < 4.78 is 0. The predicted octanol–water partition coefficient (Wildman–Crippen LogP) is 2.93. The Labute approximate surface area is 119 Å². The third-order valence-corrected chi connectivity index (χ3v) is 3.08. The van der Waals surface area contributed by atoms with Crippen molar-refractivity contribution in [1.82, 2.24) is 4.98 Å². The minimum Gasteiger partial charge on any atom is -0.324 e. The molecule has 0 aliphatic rings. The van der Waals surface area contributed by atoms with Gasteiger partial charge in [0.2, 0.25) is 0 Å². The van der Waals surface area contributed by atoms with Crippen molar-refractivity contribution in [2.75, 3.05) is 10.7 Å². The van der Waals surface area contributed by atoms with Crippen LogP contribution in [0.5, 0.6) is 0 Å². The molecule has 0 spiro atoms. The van der Waals surface area contributed by atoms with E-state index >= 15 is 0 Å². The standard InChI is InChI=1S/C12H10Cl2N4O/c13-9-2-1-7(5-10(9)14)17-12(19)11-6-8(18-15)3-4-16-11/h1-6H,15H2,(H,16,18)(H,17,19). The lowest BCUT2D eigenvalue weighted by atomic mass is 10.2. The Kier molecular flexibility index (Phi) is 4.21. The van der Waals surface area contributed by atoms with Crippen LogP contribution in [0.1, 0.15) is 10.5 Å². The number of nitrogen functional groups attached to an aromatic ring is 1. The highest BCUT2D eigenvalue weighted by atomic mass is 35.5. The molecule has 4 N–H and O–H groups in total. The summed E-state index contributed by atoms with van der Waals surface area (Å²) in [4.78, 5) is 15.9. The van der Waals surface area contributed by atoms with Crippen LogP contribution in [-0.4, -0.2) is 10.9 Å². The van der Waals surface area contributed by atoms with Crippen LogP contribution in [0.25, 0.3) is 0 Å². The summed E-state index contributed by atoms with van der Waals surface area (Å²) in [7, 11) is 0. The number of rotatable bonds is 3. The lowest BCUT2D eigenvalue weighted by Gasteiger charge is -2.07. The number of hydrogen-bond donors (Lipinski definition) is 3. The number of carbonyl (C=O) groups excluding carboxylic acids is 1. The molecule has 1 heterocycles.